The second kappa shape index (κ2) is 5.40. The number of hydrogen-bond acceptors (Lipinski definition) is 4. The first-order valence-electron chi connectivity index (χ1n) is 6.80. The number of hydrogen-bond donors (Lipinski definition) is 3. The van der Waals surface area contributed by atoms with Crippen LogP contribution in [-0.2, 0) is 4.79 Å². The van der Waals surface area contributed by atoms with Gasteiger partial charge in [0.05, 0.1) is 5.52 Å². The van der Waals surface area contributed by atoms with Gasteiger partial charge in [-0.3, -0.25) is 4.79 Å². The van der Waals surface area contributed by atoms with Crippen LogP contribution in [0.25, 0.3) is 10.9 Å². The SMILES string of the molecule is O=C1CCC(CNc2cc(C(=O)O)nc3ccccc23)N1. The van der Waals surface area contributed by atoms with Crippen LogP contribution in [0, 0.1) is 0 Å². The molecule has 1 aliphatic rings. The maximum absolute atomic E-state index is 11.2. The topological polar surface area (TPSA) is 91.3 Å². The van der Waals surface area contributed by atoms with Gasteiger partial charge in [-0.25, -0.2) is 9.78 Å². The molecular weight excluding hydrogens is 270 g/mol. The van der Waals surface area contributed by atoms with Crippen molar-refractivity contribution in [3.8, 4) is 0 Å². The Morgan fingerprint density at radius 1 is 1.43 bits per heavy atom. The number of fused-ring (bicyclic) bond motifs is 1. The lowest BCUT2D eigenvalue weighted by molar-refractivity contribution is -0.119. The second-order valence-electron chi connectivity index (χ2n) is 5.06. The molecule has 1 unspecified atom stereocenters. The van der Waals surface area contributed by atoms with Gasteiger partial charge in [0, 0.05) is 30.1 Å². The summed E-state index contributed by atoms with van der Waals surface area (Å²) in [5.74, 6) is -0.995. The third kappa shape index (κ3) is 2.79. The number of pyridine rings is 1. The number of amides is 1. The molecule has 3 N–H and O–H groups in total. The Labute approximate surface area is 121 Å². The summed E-state index contributed by atoms with van der Waals surface area (Å²) in [4.78, 5) is 26.5. The number of carbonyl (C=O) groups is 2. The highest BCUT2D eigenvalue weighted by Gasteiger charge is 2.20. The van der Waals surface area contributed by atoms with Gasteiger partial charge < -0.3 is 15.7 Å². The van der Waals surface area contributed by atoms with Crippen LogP contribution in [-0.4, -0.2) is 34.6 Å². The number of carboxylic acid groups (broad SMARTS) is 1. The minimum absolute atomic E-state index is 0.00616. The Bertz CT molecular complexity index is 714. The fraction of sp³-hybridized carbons (Fsp3) is 0.267. The lowest BCUT2D eigenvalue weighted by Crippen LogP contribution is -2.31. The summed E-state index contributed by atoms with van der Waals surface area (Å²) < 4.78 is 0. The van der Waals surface area contributed by atoms with E-state index in [0.717, 1.165) is 17.5 Å². The summed E-state index contributed by atoms with van der Waals surface area (Å²) in [5, 5.41) is 16.1. The molecule has 1 aliphatic heterocycles. The van der Waals surface area contributed by atoms with Gasteiger partial charge in [0.1, 0.15) is 0 Å². The highest BCUT2D eigenvalue weighted by atomic mass is 16.4. The van der Waals surface area contributed by atoms with Crippen LogP contribution in [0.3, 0.4) is 0 Å². The fourth-order valence-electron chi connectivity index (χ4n) is 2.49. The average Bonchev–Trinajstić information content (AvgIpc) is 2.90. The van der Waals surface area contributed by atoms with Gasteiger partial charge in [-0.1, -0.05) is 18.2 Å². The van der Waals surface area contributed by atoms with Gasteiger partial charge in [-0.05, 0) is 18.6 Å². The quantitative estimate of drug-likeness (QED) is 0.794. The van der Waals surface area contributed by atoms with Crippen LogP contribution >= 0.6 is 0 Å². The number of carbonyl (C=O) groups excluding carboxylic acids is 1. The summed E-state index contributed by atoms with van der Waals surface area (Å²) in [6.45, 7) is 0.568. The molecule has 21 heavy (non-hydrogen) atoms. The van der Waals surface area contributed by atoms with Crippen molar-refractivity contribution in [1.82, 2.24) is 10.3 Å². The standard InChI is InChI=1S/C15H15N3O3/c19-14-6-5-9(17-14)8-16-12-7-13(15(20)21)18-11-4-2-1-3-10(11)12/h1-4,7,9H,5-6,8H2,(H,16,18)(H,17,19)(H,20,21). The van der Waals surface area contributed by atoms with Crippen molar-refractivity contribution in [2.45, 2.75) is 18.9 Å². The third-order valence-corrected chi connectivity index (χ3v) is 3.56. The smallest absolute Gasteiger partial charge is 0.354 e. The number of rotatable bonds is 4. The first-order valence-corrected chi connectivity index (χ1v) is 6.80. The van der Waals surface area contributed by atoms with E-state index in [1.807, 2.05) is 18.2 Å². The molecule has 1 atom stereocenters. The largest absolute Gasteiger partial charge is 0.477 e. The van der Waals surface area contributed by atoms with E-state index in [0.29, 0.717) is 18.5 Å². The molecule has 108 valence electrons. The Balaban J connectivity index is 1.88. The zero-order valence-electron chi connectivity index (χ0n) is 11.3. The number of carboxylic acids is 1. The zero-order chi connectivity index (χ0) is 14.8. The monoisotopic (exact) mass is 285 g/mol. The van der Waals surface area contributed by atoms with Crippen molar-refractivity contribution in [2.24, 2.45) is 0 Å². The van der Waals surface area contributed by atoms with Crippen molar-refractivity contribution in [3.63, 3.8) is 0 Å². The van der Waals surface area contributed by atoms with E-state index in [1.54, 1.807) is 6.07 Å². The molecular formula is C15H15N3O3. The Morgan fingerprint density at radius 3 is 2.95 bits per heavy atom. The Hall–Kier alpha value is -2.63. The van der Waals surface area contributed by atoms with Crippen LogP contribution < -0.4 is 10.6 Å². The molecule has 1 fully saturated rings. The number of aromatic nitrogens is 1. The van der Waals surface area contributed by atoms with Crippen molar-refractivity contribution in [1.29, 1.82) is 0 Å². The Morgan fingerprint density at radius 2 is 2.24 bits per heavy atom. The molecule has 2 aromatic rings. The van der Waals surface area contributed by atoms with Gasteiger partial charge in [0.2, 0.25) is 5.91 Å². The van der Waals surface area contributed by atoms with Crippen molar-refractivity contribution < 1.29 is 14.7 Å². The molecule has 3 rings (SSSR count). The number of benzene rings is 1. The van der Waals surface area contributed by atoms with Crippen LogP contribution in [0.1, 0.15) is 23.3 Å². The van der Waals surface area contributed by atoms with Gasteiger partial charge in [-0.15, -0.1) is 0 Å². The van der Waals surface area contributed by atoms with Gasteiger partial charge in [0.15, 0.2) is 5.69 Å². The van der Waals surface area contributed by atoms with E-state index in [1.165, 1.54) is 6.07 Å². The van der Waals surface area contributed by atoms with E-state index in [4.69, 9.17) is 5.11 Å². The molecule has 0 radical (unpaired) electrons. The first-order chi connectivity index (χ1) is 10.1. The van der Waals surface area contributed by atoms with Gasteiger partial charge in [0.25, 0.3) is 0 Å². The molecule has 6 heteroatoms. The van der Waals surface area contributed by atoms with Crippen LogP contribution in [0.15, 0.2) is 30.3 Å². The van der Waals surface area contributed by atoms with Crippen molar-refractivity contribution >= 4 is 28.5 Å². The summed E-state index contributed by atoms with van der Waals surface area (Å²) in [7, 11) is 0. The third-order valence-electron chi connectivity index (χ3n) is 3.56. The average molecular weight is 285 g/mol. The number of aromatic carboxylic acids is 1. The van der Waals surface area contributed by atoms with E-state index < -0.39 is 5.97 Å². The molecule has 0 spiro atoms. The lowest BCUT2D eigenvalue weighted by Gasteiger charge is -2.14. The van der Waals surface area contributed by atoms with E-state index in [2.05, 4.69) is 15.6 Å². The lowest BCUT2D eigenvalue weighted by atomic mass is 10.1. The van der Waals surface area contributed by atoms with E-state index >= 15 is 0 Å². The summed E-state index contributed by atoms with van der Waals surface area (Å²) in [6, 6.07) is 8.99. The number of anilines is 1. The number of para-hydroxylation sites is 1. The molecule has 2 heterocycles. The van der Waals surface area contributed by atoms with E-state index in [-0.39, 0.29) is 17.6 Å². The normalized spacial score (nSPS) is 17.7. The molecule has 1 aromatic heterocycles. The summed E-state index contributed by atoms with van der Waals surface area (Å²) in [6.07, 6.45) is 1.34. The number of nitrogens with zero attached hydrogens (tertiary/aromatic N) is 1. The highest BCUT2D eigenvalue weighted by Crippen LogP contribution is 2.23. The van der Waals surface area contributed by atoms with Crippen LogP contribution in [0.5, 0.6) is 0 Å². The maximum atomic E-state index is 11.2. The predicted molar refractivity (Wildman–Crippen MR) is 78.4 cm³/mol. The van der Waals surface area contributed by atoms with Crippen molar-refractivity contribution in [2.75, 3.05) is 11.9 Å². The molecule has 0 bridgehead atoms. The number of nitrogens with one attached hydrogen (secondary N) is 2. The molecule has 1 saturated heterocycles. The van der Waals surface area contributed by atoms with Crippen LogP contribution in [0.4, 0.5) is 5.69 Å². The molecule has 0 aliphatic carbocycles. The molecule has 6 nitrogen and oxygen atoms in total. The minimum Gasteiger partial charge on any atom is -0.477 e. The molecule has 1 amide bonds. The zero-order valence-corrected chi connectivity index (χ0v) is 11.3. The van der Waals surface area contributed by atoms with Crippen molar-refractivity contribution in [3.05, 3.63) is 36.0 Å². The first kappa shape index (κ1) is 13.4. The fourth-order valence-corrected chi connectivity index (χ4v) is 2.49. The predicted octanol–water partition coefficient (Wildman–Crippen LogP) is 1.62. The van der Waals surface area contributed by atoms with E-state index in [9.17, 15) is 9.59 Å². The van der Waals surface area contributed by atoms with Gasteiger partial charge >= 0.3 is 5.97 Å². The van der Waals surface area contributed by atoms with Gasteiger partial charge in [-0.2, -0.15) is 0 Å². The maximum Gasteiger partial charge on any atom is 0.354 e. The minimum atomic E-state index is -1.06. The second-order valence-corrected chi connectivity index (χ2v) is 5.06. The Kier molecular flexibility index (Phi) is 3.43. The molecule has 1 aromatic carbocycles. The van der Waals surface area contributed by atoms with Crippen LogP contribution in [0.2, 0.25) is 0 Å². The summed E-state index contributed by atoms with van der Waals surface area (Å²) >= 11 is 0. The highest BCUT2D eigenvalue weighted by molar-refractivity contribution is 5.97. The summed E-state index contributed by atoms with van der Waals surface area (Å²) in [5.41, 5.74) is 1.36. The molecule has 0 saturated carbocycles.